The Morgan fingerprint density at radius 2 is 0.846 bits per heavy atom. The van der Waals surface area contributed by atoms with Gasteiger partial charge in [-0.2, -0.15) is 0 Å². The minimum absolute atomic E-state index is 0.0148. The number of carbonyl (C=O) groups excluding carboxylic acids is 1. The summed E-state index contributed by atoms with van der Waals surface area (Å²) < 4.78 is 34.7. The summed E-state index contributed by atoms with van der Waals surface area (Å²) in [6.45, 7) is 5.13. The number of nitrogens with zero attached hydrogens (tertiary/aromatic N) is 1. The Hall–Kier alpha value is -2.84. The van der Waals surface area contributed by atoms with Crippen molar-refractivity contribution in [3.8, 4) is 0 Å². The van der Waals surface area contributed by atoms with Crippen LogP contribution in [0.1, 0.15) is 181 Å². The minimum Gasteiger partial charge on any atom is -0.756 e. The van der Waals surface area contributed by atoms with Crippen LogP contribution >= 0.6 is 7.82 Å². The summed E-state index contributed by atoms with van der Waals surface area (Å²) in [4.78, 5) is 25.2. The lowest BCUT2D eigenvalue weighted by Crippen LogP contribution is -2.37. The maximum absolute atomic E-state index is 12.8. The Labute approximate surface area is 400 Å². The third-order valence-electron chi connectivity index (χ3n) is 10.3. The molecule has 0 N–H and O–H groups in total. The first-order chi connectivity index (χ1) is 31.6. The van der Waals surface area contributed by atoms with Crippen molar-refractivity contribution in [1.82, 2.24) is 0 Å². The molecule has 8 nitrogen and oxygen atoms in total. The maximum atomic E-state index is 12.8. The first-order valence-corrected chi connectivity index (χ1v) is 27.1. The van der Waals surface area contributed by atoms with Crippen molar-refractivity contribution in [1.29, 1.82) is 0 Å². The van der Waals surface area contributed by atoms with Crippen LogP contribution < -0.4 is 4.89 Å². The summed E-state index contributed by atoms with van der Waals surface area (Å²) in [5.74, 6) is -0.356. The molecule has 0 aromatic rings. The van der Waals surface area contributed by atoms with E-state index in [0.717, 1.165) is 116 Å². The average Bonchev–Trinajstić information content (AvgIpc) is 3.27. The van der Waals surface area contributed by atoms with Crippen LogP contribution in [0.2, 0.25) is 0 Å². The molecule has 0 rings (SSSR count). The number of hydrogen-bond acceptors (Lipinski definition) is 7. The summed E-state index contributed by atoms with van der Waals surface area (Å²) in [6.07, 6.45) is 66.8. The summed E-state index contributed by atoms with van der Waals surface area (Å²) in [5, 5.41) is 0. The van der Waals surface area contributed by atoms with E-state index >= 15 is 0 Å². The molecule has 2 atom stereocenters. The molecule has 0 heterocycles. The van der Waals surface area contributed by atoms with E-state index in [1.165, 1.54) is 44.9 Å². The third kappa shape index (κ3) is 52.0. The number of hydrogen-bond donors (Lipinski definition) is 0. The van der Waals surface area contributed by atoms with Gasteiger partial charge < -0.3 is 27.9 Å². The predicted octanol–water partition coefficient (Wildman–Crippen LogP) is 15.3. The van der Waals surface area contributed by atoms with E-state index in [0.29, 0.717) is 17.6 Å². The van der Waals surface area contributed by atoms with Crippen LogP contribution in [0.5, 0.6) is 0 Å². The second-order valence-corrected chi connectivity index (χ2v) is 19.2. The van der Waals surface area contributed by atoms with Gasteiger partial charge in [0, 0.05) is 13.0 Å². The zero-order chi connectivity index (χ0) is 47.6. The predicted molar refractivity (Wildman–Crippen MR) is 277 cm³/mol. The standard InChI is InChI=1S/C56H96NO7P/c1-6-8-10-12-14-16-18-20-22-24-26-27-28-29-30-31-32-33-35-37-39-41-43-45-47-49-56(58)64-55(54-63-65(59,60)62-52-50-57(3,4)5)53-61-51-48-46-44-42-40-38-36-34-25-23-21-19-17-15-13-11-9-7-2/h8-11,14-17,20-23,26-27,29-30,32-33,55H,6-7,12-13,18-19,24-25,28,31,34-54H2,1-5H3/b10-8-,11-9-,16-14-,17-15-,22-20-,23-21-,27-26-,30-29-,33-32-. The van der Waals surface area contributed by atoms with Gasteiger partial charge in [-0.15, -0.1) is 0 Å². The van der Waals surface area contributed by atoms with Crippen LogP contribution in [0.15, 0.2) is 109 Å². The molecule has 0 radical (unpaired) electrons. The molecule has 0 bridgehead atoms. The van der Waals surface area contributed by atoms with E-state index in [4.69, 9.17) is 18.5 Å². The monoisotopic (exact) mass is 926 g/mol. The van der Waals surface area contributed by atoms with E-state index in [1.807, 2.05) is 21.1 Å². The fourth-order valence-corrected chi connectivity index (χ4v) is 7.17. The molecule has 9 heteroatoms. The van der Waals surface area contributed by atoms with Crippen molar-refractivity contribution >= 4 is 13.8 Å². The number of ether oxygens (including phenoxy) is 2. The first-order valence-electron chi connectivity index (χ1n) is 25.6. The summed E-state index contributed by atoms with van der Waals surface area (Å²) in [7, 11) is 1.32. The van der Waals surface area contributed by atoms with Gasteiger partial charge in [0.15, 0.2) is 0 Å². The van der Waals surface area contributed by atoms with Crippen molar-refractivity contribution in [2.75, 3.05) is 54.1 Å². The zero-order valence-electron chi connectivity index (χ0n) is 42.1. The lowest BCUT2D eigenvalue weighted by molar-refractivity contribution is -0.870. The van der Waals surface area contributed by atoms with Crippen LogP contribution in [-0.4, -0.2) is 70.7 Å². The molecule has 0 spiro atoms. The van der Waals surface area contributed by atoms with Gasteiger partial charge in [0.05, 0.1) is 34.4 Å². The number of esters is 1. The highest BCUT2D eigenvalue weighted by Gasteiger charge is 2.20. The van der Waals surface area contributed by atoms with Crippen LogP contribution in [-0.2, 0) is 27.9 Å². The van der Waals surface area contributed by atoms with E-state index in [-0.39, 0.29) is 32.2 Å². The SMILES string of the molecule is CC/C=C\C/C=C\C/C=C\C/C=C\C/C=C\C/C=C\CCCCCCCCC(=O)OC(COCCCCCCCCCC/C=C\C/C=C\C/C=C\CC)COP(=O)([O-])OCC[N+](C)(C)C. The third-order valence-corrected chi connectivity index (χ3v) is 11.3. The molecule has 0 amide bonds. The molecule has 65 heavy (non-hydrogen) atoms. The number of rotatable bonds is 46. The van der Waals surface area contributed by atoms with Gasteiger partial charge in [-0.05, 0) is 96.3 Å². The normalized spacial score (nSPS) is 14.5. The molecule has 0 aliphatic carbocycles. The van der Waals surface area contributed by atoms with Crippen LogP contribution in [0.3, 0.4) is 0 Å². The molecule has 2 unspecified atom stereocenters. The molecule has 372 valence electrons. The maximum Gasteiger partial charge on any atom is 0.306 e. The number of likely N-dealkylation sites (N-methyl/N-ethyl adjacent to an activating group) is 1. The second kappa shape index (κ2) is 47.6. The Morgan fingerprint density at radius 1 is 0.477 bits per heavy atom. The van der Waals surface area contributed by atoms with Crippen molar-refractivity contribution in [2.45, 2.75) is 187 Å². The second-order valence-electron chi connectivity index (χ2n) is 17.8. The smallest absolute Gasteiger partial charge is 0.306 e. The molecule has 0 fully saturated rings. The molecular formula is C56H96NO7P. The highest BCUT2D eigenvalue weighted by atomic mass is 31.2. The molecule has 0 aromatic heterocycles. The molecule has 0 aromatic carbocycles. The van der Waals surface area contributed by atoms with E-state index in [9.17, 15) is 14.3 Å². The molecule has 0 aliphatic heterocycles. The zero-order valence-corrected chi connectivity index (χ0v) is 43.0. The topological polar surface area (TPSA) is 94.1 Å². The lowest BCUT2D eigenvalue weighted by atomic mass is 10.1. The van der Waals surface area contributed by atoms with Gasteiger partial charge in [-0.1, -0.05) is 187 Å². The number of carbonyl (C=O) groups is 1. The number of phosphoric acid groups is 1. The number of allylic oxidation sites excluding steroid dienone is 18. The molecule has 0 saturated heterocycles. The fraction of sp³-hybridized carbons (Fsp3) is 0.661. The molecular weight excluding hydrogens is 830 g/mol. The van der Waals surface area contributed by atoms with Crippen molar-refractivity contribution < 1.29 is 37.3 Å². The van der Waals surface area contributed by atoms with E-state index in [2.05, 4.69) is 123 Å². The van der Waals surface area contributed by atoms with Crippen LogP contribution in [0.4, 0.5) is 0 Å². The van der Waals surface area contributed by atoms with Gasteiger partial charge in [0.25, 0.3) is 7.82 Å². The van der Waals surface area contributed by atoms with Crippen LogP contribution in [0, 0.1) is 0 Å². The molecule has 0 saturated carbocycles. The summed E-state index contributed by atoms with van der Waals surface area (Å²) in [6, 6.07) is 0. The fourth-order valence-electron chi connectivity index (χ4n) is 6.45. The lowest BCUT2D eigenvalue weighted by Gasteiger charge is -2.28. The Morgan fingerprint density at radius 3 is 1.26 bits per heavy atom. The van der Waals surface area contributed by atoms with Gasteiger partial charge in [-0.25, -0.2) is 0 Å². The first kappa shape index (κ1) is 62.2. The number of phosphoric ester groups is 1. The molecule has 0 aliphatic rings. The summed E-state index contributed by atoms with van der Waals surface area (Å²) >= 11 is 0. The number of unbranched alkanes of at least 4 members (excludes halogenated alkanes) is 14. The van der Waals surface area contributed by atoms with E-state index < -0.39 is 13.9 Å². The van der Waals surface area contributed by atoms with Gasteiger partial charge in [0.1, 0.15) is 19.3 Å². The Bertz CT molecular complexity index is 1400. The number of quaternary nitrogens is 1. The quantitative estimate of drug-likeness (QED) is 0.0197. The Kier molecular flexibility index (Phi) is 45.6. The highest BCUT2D eigenvalue weighted by Crippen LogP contribution is 2.38. The van der Waals surface area contributed by atoms with Gasteiger partial charge >= 0.3 is 5.97 Å². The van der Waals surface area contributed by atoms with Crippen molar-refractivity contribution in [2.24, 2.45) is 0 Å². The van der Waals surface area contributed by atoms with Gasteiger partial charge in [0.2, 0.25) is 0 Å². The van der Waals surface area contributed by atoms with Crippen LogP contribution in [0.25, 0.3) is 0 Å². The highest BCUT2D eigenvalue weighted by molar-refractivity contribution is 7.45. The summed E-state index contributed by atoms with van der Waals surface area (Å²) in [5.41, 5.74) is 0. The van der Waals surface area contributed by atoms with E-state index in [1.54, 1.807) is 0 Å². The largest absolute Gasteiger partial charge is 0.756 e. The average molecular weight is 926 g/mol. The minimum atomic E-state index is -4.55. The van der Waals surface area contributed by atoms with Gasteiger partial charge in [-0.3, -0.25) is 9.36 Å². The Balaban J connectivity index is 4.22. The van der Waals surface area contributed by atoms with Crippen molar-refractivity contribution in [3.05, 3.63) is 109 Å². The van der Waals surface area contributed by atoms with Crippen molar-refractivity contribution in [3.63, 3.8) is 0 Å².